The van der Waals surface area contributed by atoms with Gasteiger partial charge in [0.15, 0.2) is 0 Å². The van der Waals surface area contributed by atoms with Crippen LogP contribution in [0.15, 0.2) is 42.5 Å². The molecule has 108 valence electrons. The molecule has 1 aliphatic heterocycles. The second kappa shape index (κ2) is 5.49. The molecule has 0 bridgehead atoms. The molecule has 2 aromatic carbocycles. The molecule has 2 aromatic rings. The summed E-state index contributed by atoms with van der Waals surface area (Å²) in [5.41, 5.74) is 1.72. The summed E-state index contributed by atoms with van der Waals surface area (Å²) in [6.07, 6.45) is 0. The Bertz CT molecular complexity index is 690. The average Bonchev–Trinajstić information content (AvgIpc) is 2.68. The van der Waals surface area contributed by atoms with Crippen molar-refractivity contribution in [3.05, 3.63) is 64.0 Å². The molecule has 3 rings (SSSR count). The summed E-state index contributed by atoms with van der Waals surface area (Å²) in [5.74, 6) is -0.813. The summed E-state index contributed by atoms with van der Waals surface area (Å²) in [6.45, 7) is 1.90. The van der Waals surface area contributed by atoms with E-state index < -0.39 is 16.4 Å². The van der Waals surface area contributed by atoms with Gasteiger partial charge in [0.2, 0.25) is 5.82 Å². The minimum absolute atomic E-state index is 0.288. The minimum Gasteiger partial charge on any atom is -0.334 e. The van der Waals surface area contributed by atoms with Gasteiger partial charge in [-0.05, 0) is 23.8 Å². The van der Waals surface area contributed by atoms with Crippen molar-refractivity contribution in [1.29, 1.82) is 0 Å². The topological polar surface area (TPSA) is 58.4 Å². The molecule has 0 amide bonds. The fraction of sp³-hybridized carbons (Fsp3) is 0.200. The van der Waals surface area contributed by atoms with E-state index in [9.17, 15) is 14.5 Å². The van der Waals surface area contributed by atoms with E-state index in [1.807, 2.05) is 24.3 Å². The van der Waals surface area contributed by atoms with Crippen LogP contribution in [0.3, 0.4) is 0 Å². The molecule has 5 nitrogen and oxygen atoms in total. The van der Waals surface area contributed by atoms with Gasteiger partial charge in [-0.25, -0.2) is 0 Å². The lowest BCUT2D eigenvalue weighted by Gasteiger charge is -2.24. The highest BCUT2D eigenvalue weighted by Gasteiger charge is 2.26. The van der Waals surface area contributed by atoms with Gasteiger partial charge in [-0.1, -0.05) is 24.3 Å². The maximum absolute atomic E-state index is 13.8. The second-order valence-corrected chi connectivity index (χ2v) is 4.82. The van der Waals surface area contributed by atoms with Crippen molar-refractivity contribution in [3.63, 3.8) is 0 Å². The van der Waals surface area contributed by atoms with Crippen molar-refractivity contribution in [2.45, 2.75) is 6.54 Å². The van der Waals surface area contributed by atoms with Crippen LogP contribution < -0.4 is 10.2 Å². The predicted molar refractivity (Wildman–Crippen MR) is 78.2 cm³/mol. The maximum atomic E-state index is 13.8. The number of nitro groups is 1. The van der Waals surface area contributed by atoms with Gasteiger partial charge in [-0.3, -0.25) is 10.1 Å². The van der Waals surface area contributed by atoms with Gasteiger partial charge in [0.05, 0.1) is 4.92 Å². The van der Waals surface area contributed by atoms with Gasteiger partial charge in [-0.15, -0.1) is 0 Å². The van der Waals surface area contributed by atoms with Crippen LogP contribution in [0.4, 0.5) is 21.5 Å². The van der Waals surface area contributed by atoms with Gasteiger partial charge in [-0.2, -0.15) is 4.39 Å². The number of nitro benzene ring substituents is 1. The molecule has 0 aliphatic carbocycles. The molecule has 6 heteroatoms. The first-order valence-corrected chi connectivity index (χ1v) is 6.67. The molecule has 0 spiro atoms. The van der Waals surface area contributed by atoms with Crippen molar-refractivity contribution in [3.8, 4) is 0 Å². The summed E-state index contributed by atoms with van der Waals surface area (Å²) in [7, 11) is 0. The van der Waals surface area contributed by atoms with Crippen LogP contribution in [0.25, 0.3) is 0 Å². The number of nitrogens with zero attached hydrogens (tertiary/aromatic N) is 2. The standard InChI is InChI=1S/C15H14FN3O2/c16-12-5-3-7-14(15(12)19(20)21)18-9-8-17-10-11-4-1-2-6-13(11)18/h1-7,17H,8-10H2. The third-order valence-electron chi connectivity index (χ3n) is 3.55. The Morgan fingerprint density at radius 2 is 1.90 bits per heavy atom. The van der Waals surface area contributed by atoms with E-state index in [1.54, 1.807) is 11.0 Å². The SMILES string of the molecule is O=[N+]([O-])c1c(F)cccc1N1CCNCc2ccccc21. The van der Waals surface area contributed by atoms with Crippen molar-refractivity contribution < 1.29 is 9.31 Å². The van der Waals surface area contributed by atoms with E-state index in [0.717, 1.165) is 17.3 Å². The van der Waals surface area contributed by atoms with Crippen LogP contribution in [0.2, 0.25) is 0 Å². The first-order chi connectivity index (χ1) is 10.2. The molecule has 0 aromatic heterocycles. The highest BCUT2D eigenvalue weighted by Crippen LogP contribution is 2.37. The number of fused-ring (bicyclic) bond motifs is 1. The summed E-state index contributed by atoms with van der Waals surface area (Å²) in [4.78, 5) is 12.3. The Morgan fingerprint density at radius 1 is 1.14 bits per heavy atom. The zero-order valence-electron chi connectivity index (χ0n) is 11.3. The van der Waals surface area contributed by atoms with Crippen LogP contribution in [0, 0.1) is 15.9 Å². The van der Waals surface area contributed by atoms with E-state index in [-0.39, 0.29) is 5.69 Å². The van der Waals surface area contributed by atoms with Gasteiger partial charge in [0, 0.05) is 25.3 Å². The lowest BCUT2D eigenvalue weighted by molar-refractivity contribution is -0.386. The zero-order chi connectivity index (χ0) is 14.8. The van der Waals surface area contributed by atoms with Crippen molar-refractivity contribution >= 4 is 17.1 Å². The predicted octanol–water partition coefficient (Wildman–Crippen LogP) is 2.98. The molecule has 0 saturated carbocycles. The van der Waals surface area contributed by atoms with Crippen molar-refractivity contribution in [1.82, 2.24) is 5.32 Å². The number of rotatable bonds is 2. The van der Waals surface area contributed by atoms with Gasteiger partial charge < -0.3 is 10.2 Å². The third-order valence-corrected chi connectivity index (χ3v) is 3.55. The number of para-hydroxylation sites is 2. The highest BCUT2D eigenvalue weighted by atomic mass is 19.1. The van der Waals surface area contributed by atoms with E-state index in [1.165, 1.54) is 6.07 Å². The first kappa shape index (κ1) is 13.5. The Balaban J connectivity index is 2.17. The third kappa shape index (κ3) is 2.45. The highest BCUT2D eigenvalue weighted by molar-refractivity contribution is 5.74. The number of nitrogens with one attached hydrogen (secondary N) is 1. The fourth-order valence-electron chi connectivity index (χ4n) is 2.61. The number of benzene rings is 2. The zero-order valence-corrected chi connectivity index (χ0v) is 11.3. The van der Waals surface area contributed by atoms with Crippen LogP contribution >= 0.6 is 0 Å². The van der Waals surface area contributed by atoms with Gasteiger partial charge in [0.1, 0.15) is 5.69 Å². The molecule has 0 unspecified atom stereocenters. The largest absolute Gasteiger partial charge is 0.334 e. The van der Waals surface area contributed by atoms with Crippen LogP contribution in [-0.4, -0.2) is 18.0 Å². The monoisotopic (exact) mass is 287 g/mol. The van der Waals surface area contributed by atoms with E-state index in [4.69, 9.17) is 0 Å². The number of hydrogen-bond acceptors (Lipinski definition) is 4. The lowest BCUT2D eigenvalue weighted by atomic mass is 10.1. The molecule has 0 fully saturated rings. The van der Waals surface area contributed by atoms with Gasteiger partial charge >= 0.3 is 5.69 Å². The maximum Gasteiger partial charge on any atom is 0.328 e. The Hall–Kier alpha value is -2.47. The van der Waals surface area contributed by atoms with E-state index in [0.29, 0.717) is 19.6 Å². The van der Waals surface area contributed by atoms with Crippen LogP contribution in [0.1, 0.15) is 5.56 Å². The van der Waals surface area contributed by atoms with Crippen LogP contribution in [-0.2, 0) is 6.54 Å². The Labute approximate surface area is 121 Å². The quantitative estimate of drug-likeness (QED) is 0.681. The number of hydrogen-bond donors (Lipinski definition) is 1. The molecule has 0 atom stereocenters. The molecule has 0 saturated heterocycles. The molecule has 21 heavy (non-hydrogen) atoms. The summed E-state index contributed by atoms with van der Waals surface area (Å²) >= 11 is 0. The lowest BCUT2D eigenvalue weighted by Crippen LogP contribution is -2.25. The first-order valence-electron chi connectivity index (χ1n) is 6.67. The smallest absolute Gasteiger partial charge is 0.328 e. The molecular formula is C15H14FN3O2. The number of anilines is 2. The summed E-state index contributed by atoms with van der Waals surface area (Å²) in [6, 6.07) is 11.9. The Morgan fingerprint density at radius 3 is 2.71 bits per heavy atom. The van der Waals surface area contributed by atoms with E-state index in [2.05, 4.69) is 5.32 Å². The Kier molecular flexibility index (Phi) is 3.53. The summed E-state index contributed by atoms with van der Waals surface area (Å²) in [5, 5.41) is 14.5. The molecule has 1 heterocycles. The molecule has 1 N–H and O–H groups in total. The van der Waals surface area contributed by atoms with Crippen LogP contribution in [0.5, 0.6) is 0 Å². The number of halogens is 1. The minimum atomic E-state index is -0.813. The average molecular weight is 287 g/mol. The second-order valence-electron chi connectivity index (χ2n) is 4.82. The van der Waals surface area contributed by atoms with Gasteiger partial charge in [0.25, 0.3) is 0 Å². The normalized spacial score (nSPS) is 14.4. The molecule has 0 radical (unpaired) electrons. The fourth-order valence-corrected chi connectivity index (χ4v) is 2.61. The van der Waals surface area contributed by atoms with Crippen molar-refractivity contribution in [2.24, 2.45) is 0 Å². The molecular weight excluding hydrogens is 273 g/mol. The molecule has 1 aliphatic rings. The summed E-state index contributed by atoms with van der Waals surface area (Å²) < 4.78 is 13.8. The van der Waals surface area contributed by atoms with Crippen molar-refractivity contribution in [2.75, 3.05) is 18.0 Å². The van der Waals surface area contributed by atoms with E-state index >= 15 is 0 Å².